The zero-order valence-electron chi connectivity index (χ0n) is 14.8. The van der Waals surface area contributed by atoms with Crippen LogP contribution in [0.1, 0.15) is 76.3 Å². The first-order valence-corrected chi connectivity index (χ1v) is 9.14. The SMILES string of the molecule is C=C1CC[C@@H]2[C@@H](C1)c1c(O)cc(CCCCC)cc1OC2(C)C. The minimum absolute atomic E-state index is 0.174. The van der Waals surface area contributed by atoms with Crippen molar-refractivity contribution in [2.75, 3.05) is 0 Å². The summed E-state index contributed by atoms with van der Waals surface area (Å²) in [7, 11) is 0. The van der Waals surface area contributed by atoms with Crippen molar-refractivity contribution in [1.82, 2.24) is 0 Å². The average molecular weight is 314 g/mol. The van der Waals surface area contributed by atoms with E-state index in [1.54, 1.807) is 0 Å². The van der Waals surface area contributed by atoms with Gasteiger partial charge in [-0.15, -0.1) is 0 Å². The second-order valence-corrected chi connectivity index (χ2v) is 7.90. The first kappa shape index (κ1) is 16.4. The number of unbranched alkanes of at least 4 members (excludes halogenated alkanes) is 2. The normalized spacial score (nSPS) is 25.4. The Kier molecular flexibility index (Phi) is 4.44. The Labute approximate surface area is 140 Å². The van der Waals surface area contributed by atoms with E-state index in [4.69, 9.17) is 4.74 Å². The highest BCUT2D eigenvalue weighted by Gasteiger charge is 2.46. The third-order valence-electron chi connectivity index (χ3n) is 5.69. The summed E-state index contributed by atoms with van der Waals surface area (Å²) in [5.74, 6) is 2.13. The van der Waals surface area contributed by atoms with Crippen molar-refractivity contribution in [3.8, 4) is 11.5 Å². The third-order valence-corrected chi connectivity index (χ3v) is 5.69. The van der Waals surface area contributed by atoms with Gasteiger partial charge in [0.1, 0.15) is 17.1 Å². The fraction of sp³-hybridized carbons (Fsp3) is 0.619. The number of allylic oxidation sites excluding steroid dienone is 1. The smallest absolute Gasteiger partial charge is 0.127 e. The lowest BCUT2D eigenvalue weighted by molar-refractivity contribution is -0.000851. The van der Waals surface area contributed by atoms with Crippen LogP contribution in [-0.2, 0) is 6.42 Å². The highest BCUT2D eigenvalue weighted by atomic mass is 16.5. The lowest BCUT2D eigenvalue weighted by Gasteiger charge is -2.48. The van der Waals surface area contributed by atoms with Crippen LogP contribution in [0, 0.1) is 5.92 Å². The van der Waals surface area contributed by atoms with Crippen molar-refractivity contribution in [2.24, 2.45) is 5.92 Å². The Morgan fingerprint density at radius 3 is 2.83 bits per heavy atom. The van der Waals surface area contributed by atoms with Gasteiger partial charge in [0.25, 0.3) is 0 Å². The zero-order valence-corrected chi connectivity index (χ0v) is 14.8. The van der Waals surface area contributed by atoms with Gasteiger partial charge in [-0.25, -0.2) is 0 Å². The topological polar surface area (TPSA) is 29.5 Å². The number of aromatic hydroxyl groups is 1. The summed E-state index contributed by atoms with van der Waals surface area (Å²) >= 11 is 0. The minimum atomic E-state index is -0.174. The number of phenols is 1. The van der Waals surface area contributed by atoms with E-state index in [0.717, 1.165) is 37.0 Å². The molecule has 23 heavy (non-hydrogen) atoms. The number of rotatable bonds is 4. The molecule has 3 rings (SSSR count). The van der Waals surface area contributed by atoms with Crippen LogP contribution < -0.4 is 4.74 Å². The molecule has 1 aromatic carbocycles. The summed E-state index contributed by atoms with van der Waals surface area (Å²) in [4.78, 5) is 0. The molecule has 0 spiro atoms. The average Bonchev–Trinajstić information content (AvgIpc) is 2.46. The lowest BCUT2D eigenvalue weighted by Crippen LogP contribution is -2.46. The molecule has 0 saturated heterocycles. The number of aryl methyl sites for hydroxylation is 1. The van der Waals surface area contributed by atoms with Crippen molar-refractivity contribution >= 4 is 0 Å². The Morgan fingerprint density at radius 2 is 2.09 bits per heavy atom. The van der Waals surface area contributed by atoms with Crippen LogP contribution in [0.25, 0.3) is 0 Å². The van der Waals surface area contributed by atoms with E-state index in [2.05, 4.69) is 33.4 Å². The van der Waals surface area contributed by atoms with Gasteiger partial charge in [-0.1, -0.05) is 31.9 Å². The summed E-state index contributed by atoms with van der Waals surface area (Å²) in [5, 5.41) is 10.7. The van der Waals surface area contributed by atoms with E-state index < -0.39 is 0 Å². The van der Waals surface area contributed by atoms with Gasteiger partial charge < -0.3 is 9.84 Å². The molecule has 2 atom stereocenters. The molecule has 1 heterocycles. The van der Waals surface area contributed by atoms with Crippen molar-refractivity contribution in [2.45, 2.75) is 77.2 Å². The molecule has 126 valence electrons. The van der Waals surface area contributed by atoms with Gasteiger partial charge in [-0.3, -0.25) is 0 Å². The van der Waals surface area contributed by atoms with Crippen molar-refractivity contribution in [3.05, 3.63) is 35.4 Å². The van der Waals surface area contributed by atoms with E-state index in [1.165, 1.54) is 30.4 Å². The molecule has 1 saturated carbocycles. The van der Waals surface area contributed by atoms with E-state index in [9.17, 15) is 5.11 Å². The molecule has 0 amide bonds. The van der Waals surface area contributed by atoms with Gasteiger partial charge in [0.2, 0.25) is 0 Å². The Balaban J connectivity index is 1.96. The lowest BCUT2D eigenvalue weighted by atomic mass is 9.65. The van der Waals surface area contributed by atoms with E-state index in [-0.39, 0.29) is 5.60 Å². The van der Waals surface area contributed by atoms with Crippen LogP contribution in [0.2, 0.25) is 0 Å². The fourth-order valence-electron chi connectivity index (χ4n) is 4.46. The number of benzene rings is 1. The van der Waals surface area contributed by atoms with Crippen LogP contribution in [0.4, 0.5) is 0 Å². The van der Waals surface area contributed by atoms with Gasteiger partial charge in [-0.05, 0) is 63.6 Å². The van der Waals surface area contributed by atoms with Crippen LogP contribution in [0.3, 0.4) is 0 Å². The maximum Gasteiger partial charge on any atom is 0.127 e. The van der Waals surface area contributed by atoms with Crippen LogP contribution in [0.15, 0.2) is 24.3 Å². The summed E-state index contributed by atoms with van der Waals surface area (Å²) in [6.07, 6.45) is 7.79. The molecular weight excluding hydrogens is 284 g/mol. The standard InChI is InChI=1S/C21H30O2/c1-5-6-7-8-15-12-18(22)20-16-11-14(2)9-10-17(16)21(3,4)23-19(20)13-15/h12-13,16-17,22H,2,5-11H2,1,3-4H3/t16-,17-/m1/s1. The number of ether oxygens (including phenoxy) is 1. The largest absolute Gasteiger partial charge is 0.508 e. The molecule has 2 aliphatic rings. The molecule has 1 aliphatic carbocycles. The summed E-state index contributed by atoms with van der Waals surface area (Å²) in [6, 6.07) is 4.13. The Morgan fingerprint density at radius 1 is 1.30 bits per heavy atom. The second kappa shape index (κ2) is 6.22. The molecule has 1 aliphatic heterocycles. The van der Waals surface area contributed by atoms with Gasteiger partial charge in [0.15, 0.2) is 0 Å². The number of fused-ring (bicyclic) bond motifs is 3. The van der Waals surface area contributed by atoms with Crippen LogP contribution >= 0.6 is 0 Å². The summed E-state index contributed by atoms with van der Waals surface area (Å²) in [5.41, 5.74) is 3.35. The molecular formula is C21H30O2. The van der Waals surface area contributed by atoms with Crippen molar-refractivity contribution in [1.29, 1.82) is 0 Å². The number of hydrogen-bond acceptors (Lipinski definition) is 2. The van der Waals surface area contributed by atoms with Crippen molar-refractivity contribution < 1.29 is 9.84 Å². The maximum absolute atomic E-state index is 10.7. The fourth-order valence-corrected chi connectivity index (χ4v) is 4.46. The number of phenolic OH excluding ortho intramolecular Hbond substituents is 1. The van der Waals surface area contributed by atoms with Crippen molar-refractivity contribution in [3.63, 3.8) is 0 Å². The number of hydrogen-bond donors (Lipinski definition) is 1. The summed E-state index contributed by atoms with van der Waals surface area (Å²) < 4.78 is 6.36. The van der Waals surface area contributed by atoms with Gasteiger partial charge in [0, 0.05) is 17.4 Å². The molecule has 0 unspecified atom stereocenters. The maximum atomic E-state index is 10.7. The molecule has 1 fully saturated rings. The second-order valence-electron chi connectivity index (χ2n) is 7.90. The zero-order chi connectivity index (χ0) is 16.6. The predicted molar refractivity (Wildman–Crippen MR) is 95.3 cm³/mol. The highest BCUT2D eigenvalue weighted by molar-refractivity contribution is 5.52. The first-order valence-electron chi connectivity index (χ1n) is 9.14. The Hall–Kier alpha value is -1.44. The highest BCUT2D eigenvalue weighted by Crippen LogP contribution is 2.55. The molecule has 1 aromatic rings. The van der Waals surface area contributed by atoms with Gasteiger partial charge in [-0.2, -0.15) is 0 Å². The summed E-state index contributed by atoms with van der Waals surface area (Å²) in [6.45, 7) is 10.8. The molecule has 1 N–H and O–H groups in total. The van der Waals surface area contributed by atoms with Gasteiger partial charge >= 0.3 is 0 Å². The quantitative estimate of drug-likeness (QED) is 0.567. The van der Waals surface area contributed by atoms with E-state index >= 15 is 0 Å². The van der Waals surface area contributed by atoms with E-state index in [0.29, 0.717) is 17.6 Å². The first-order chi connectivity index (χ1) is 10.9. The predicted octanol–water partition coefficient (Wildman–Crippen LogP) is 5.74. The van der Waals surface area contributed by atoms with Crippen LogP contribution in [0.5, 0.6) is 11.5 Å². The third kappa shape index (κ3) is 3.13. The Bertz CT molecular complexity index is 600. The molecule has 0 aromatic heterocycles. The molecule has 0 radical (unpaired) electrons. The minimum Gasteiger partial charge on any atom is -0.508 e. The molecule has 2 nitrogen and oxygen atoms in total. The molecule has 2 heteroatoms. The van der Waals surface area contributed by atoms with E-state index in [1.807, 2.05) is 6.07 Å². The monoisotopic (exact) mass is 314 g/mol. The molecule has 0 bridgehead atoms. The van der Waals surface area contributed by atoms with Gasteiger partial charge in [0.05, 0.1) is 0 Å². The van der Waals surface area contributed by atoms with Crippen LogP contribution in [-0.4, -0.2) is 10.7 Å².